The Morgan fingerprint density at radius 3 is 2.70 bits per heavy atom. The summed E-state index contributed by atoms with van der Waals surface area (Å²) in [7, 11) is 0. The van der Waals surface area contributed by atoms with E-state index in [2.05, 4.69) is 10.3 Å². The van der Waals surface area contributed by atoms with E-state index in [9.17, 15) is 4.79 Å². The van der Waals surface area contributed by atoms with Crippen LogP contribution in [0.2, 0.25) is 0 Å². The van der Waals surface area contributed by atoms with Crippen LogP contribution in [0.25, 0.3) is 0 Å². The minimum absolute atomic E-state index is 0.233. The maximum Gasteiger partial charge on any atom is 0.274 e. The molecule has 118 valence electrons. The molecule has 2 aromatic rings. The van der Waals surface area contributed by atoms with E-state index in [0.717, 1.165) is 37.1 Å². The summed E-state index contributed by atoms with van der Waals surface area (Å²) in [6, 6.07) is 10.9. The van der Waals surface area contributed by atoms with E-state index in [1.165, 1.54) is 0 Å². The third kappa shape index (κ3) is 2.63. The fourth-order valence-corrected chi connectivity index (χ4v) is 3.15. The number of rotatable bonds is 2. The molecule has 0 atom stereocenters. The highest BCUT2D eigenvalue weighted by Crippen LogP contribution is 2.47. The predicted octanol–water partition coefficient (Wildman–Crippen LogP) is 3.68. The van der Waals surface area contributed by atoms with Crippen LogP contribution in [0, 0.1) is 6.92 Å². The number of hydrogen-bond acceptors (Lipinski definition) is 4. The predicted molar refractivity (Wildman–Crippen MR) is 85.8 cm³/mol. The lowest BCUT2D eigenvalue weighted by Crippen LogP contribution is -2.34. The molecule has 4 rings (SSSR count). The van der Waals surface area contributed by atoms with E-state index >= 15 is 0 Å². The second-order valence-electron chi connectivity index (χ2n) is 6.10. The summed E-state index contributed by atoms with van der Waals surface area (Å²) in [5, 5.41) is 2.86. The number of aryl methyl sites for hydroxylation is 1. The molecular weight excluding hydrogens is 292 g/mol. The average Bonchev–Trinajstić information content (AvgIpc) is 3.13. The standard InChI is InChI=1S/C18H18N2O3/c1-12-5-4-6-14(19-12)17(21)20-13-7-8-15-16(11-13)23-18(22-15)9-2-3-10-18/h4-8,11H,2-3,9-10H2,1H3,(H,20,21). The van der Waals surface area contributed by atoms with Gasteiger partial charge in [-0.1, -0.05) is 6.07 Å². The van der Waals surface area contributed by atoms with Crippen LogP contribution in [0.1, 0.15) is 41.9 Å². The molecule has 1 aromatic heterocycles. The molecule has 2 aliphatic rings. The second kappa shape index (κ2) is 5.26. The van der Waals surface area contributed by atoms with Crippen LogP contribution in [0.15, 0.2) is 36.4 Å². The number of carbonyl (C=O) groups is 1. The topological polar surface area (TPSA) is 60.5 Å². The largest absolute Gasteiger partial charge is 0.448 e. The van der Waals surface area contributed by atoms with Crippen LogP contribution >= 0.6 is 0 Å². The quantitative estimate of drug-likeness (QED) is 0.919. The van der Waals surface area contributed by atoms with Gasteiger partial charge in [0, 0.05) is 30.3 Å². The van der Waals surface area contributed by atoms with Crippen molar-refractivity contribution in [3.8, 4) is 11.5 Å². The summed E-state index contributed by atoms with van der Waals surface area (Å²) in [6.45, 7) is 1.86. The van der Waals surface area contributed by atoms with Crippen LogP contribution in [0.5, 0.6) is 11.5 Å². The van der Waals surface area contributed by atoms with E-state index in [1.807, 2.05) is 37.3 Å². The summed E-state index contributed by atoms with van der Waals surface area (Å²) >= 11 is 0. The molecule has 1 aliphatic heterocycles. The highest BCUT2D eigenvalue weighted by Gasteiger charge is 2.44. The van der Waals surface area contributed by atoms with Gasteiger partial charge in [0.25, 0.3) is 11.7 Å². The van der Waals surface area contributed by atoms with Crippen molar-refractivity contribution in [2.24, 2.45) is 0 Å². The van der Waals surface area contributed by atoms with Gasteiger partial charge in [-0.2, -0.15) is 0 Å². The fourth-order valence-electron chi connectivity index (χ4n) is 3.15. The Hall–Kier alpha value is -2.56. The lowest BCUT2D eigenvalue weighted by atomic mass is 10.2. The number of fused-ring (bicyclic) bond motifs is 1. The molecule has 5 nitrogen and oxygen atoms in total. The normalized spacial score (nSPS) is 17.4. The Morgan fingerprint density at radius 2 is 1.91 bits per heavy atom. The van der Waals surface area contributed by atoms with Crippen LogP contribution in [0.4, 0.5) is 5.69 Å². The summed E-state index contributed by atoms with van der Waals surface area (Å²) in [5.74, 6) is 0.729. The van der Waals surface area contributed by atoms with Crippen molar-refractivity contribution >= 4 is 11.6 Å². The zero-order valence-electron chi connectivity index (χ0n) is 13.0. The first kappa shape index (κ1) is 14.1. The van der Waals surface area contributed by atoms with Gasteiger partial charge in [0.05, 0.1) is 0 Å². The molecule has 2 heterocycles. The minimum atomic E-state index is -0.483. The average molecular weight is 310 g/mol. The third-order valence-corrected chi connectivity index (χ3v) is 4.28. The van der Waals surface area contributed by atoms with Crippen molar-refractivity contribution in [1.82, 2.24) is 4.98 Å². The smallest absolute Gasteiger partial charge is 0.274 e. The van der Waals surface area contributed by atoms with E-state index in [4.69, 9.17) is 9.47 Å². The van der Waals surface area contributed by atoms with E-state index < -0.39 is 5.79 Å². The Morgan fingerprint density at radius 1 is 1.13 bits per heavy atom. The molecule has 0 unspecified atom stereocenters. The number of ether oxygens (including phenoxy) is 2. The van der Waals surface area contributed by atoms with Crippen LogP contribution < -0.4 is 14.8 Å². The monoisotopic (exact) mass is 310 g/mol. The first-order valence-corrected chi connectivity index (χ1v) is 7.91. The molecule has 1 spiro atoms. The van der Waals surface area contributed by atoms with Gasteiger partial charge in [0.2, 0.25) is 0 Å². The van der Waals surface area contributed by atoms with Gasteiger partial charge in [-0.05, 0) is 44.0 Å². The van der Waals surface area contributed by atoms with Gasteiger partial charge in [-0.3, -0.25) is 4.79 Å². The highest BCUT2D eigenvalue weighted by atomic mass is 16.7. The van der Waals surface area contributed by atoms with Crippen molar-refractivity contribution in [3.63, 3.8) is 0 Å². The lowest BCUT2D eigenvalue weighted by molar-refractivity contribution is -0.0716. The second-order valence-corrected chi connectivity index (χ2v) is 6.10. The van der Waals surface area contributed by atoms with Crippen LogP contribution in [-0.2, 0) is 0 Å². The Bertz CT molecular complexity index is 767. The number of benzene rings is 1. The van der Waals surface area contributed by atoms with Gasteiger partial charge >= 0.3 is 0 Å². The number of amides is 1. The number of anilines is 1. The Labute approximate surface area is 134 Å². The SMILES string of the molecule is Cc1cccc(C(=O)Nc2ccc3c(c2)OC2(CCCC2)O3)n1. The molecule has 0 radical (unpaired) electrons. The van der Waals surface area contributed by atoms with Gasteiger partial charge < -0.3 is 14.8 Å². The maximum absolute atomic E-state index is 12.3. The maximum atomic E-state index is 12.3. The first-order chi connectivity index (χ1) is 11.1. The van der Waals surface area contributed by atoms with Crippen molar-refractivity contribution < 1.29 is 14.3 Å². The number of aromatic nitrogens is 1. The summed E-state index contributed by atoms with van der Waals surface area (Å²) in [5.41, 5.74) is 1.89. The Balaban J connectivity index is 1.52. The van der Waals surface area contributed by atoms with E-state index in [0.29, 0.717) is 17.1 Å². The van der Waals surface area contributed by atoms with E-state index in [1.54, 1.807) is 6.07 Å². The van der Waals surface area contributed by atoms with Crippen LogP contribution in [0.3, 0.4) is 0 Å². The molecule has 1 amide bonds. The van der Waals surface area contributed by atoms with Gasteiger partial charge in [0.15, 0.2) is 11.5 Å². The molecule has 1 N–H and O–H groups in total. The fraction of sp³-hybridized carbons (Fsp3) is 0.333. The number of pyridine rings is 1. The summed E-state index contributed by atoms with van der Waals surface area (Å²) in [6.07, 6.45) is 4.07. The van der Waals surface area contributed by atoms with E-state index in [-0.39, 0.29) is 5.91 Å². The van der Waals surface area contributed by atoms with Crippen molar-refractivity contribution in [3.05, 3.63) is 47.8 Å². The number of nitrogens with zero attached hydrogens (tertiary/aromatic N) is 1. The lowest BCUT2D eigenvalue weighted by Gasteiger charge is -2.21. The molecule has 0 bridgehead atoms. The van der Waals surface area contributed by atoms with Gasteiger partial charge in [-0.15, -0.1) is 0 Å². The van der Waals surface area contributed by atoms with Crippen molar-refractivity contribution in [2.75, 3.05) is 5.32 Å². The number of nitrogens with one attached hydrogen (secondary N) is 1. The minimum Gasteiger partial charge on any atom is -0.448 e. The zero-order chi connectivity index (χ0) is 15.9. The molecule has 0 saturated heterocycles. The molecular formula is C18H18N2O3. The zero-order valence-corrected chi connectivity index (χ0v) is 13.0. The third-order valence-electron chi connectivity index (χ3n) is 4.28. The highest BCUT2D eigenvalue weighted by molar-refractivity contribution is 6.03. The molecule has 1 saturated carbocycles. The molecule has 1 fully saturated rings. The van der Waals surface area contributed by atoms with Gasteiger partial charge in [0.1, 0.15) is 5.69 Å². The van der Waals surface area contributed by atoms with Gasteiger partial charge in [-0.25, -0.2) is 4.98 Å². The molecule has 1 aromatic carbocycles. The molecule has 5 heteroatoms. The van der Waals surface area contributed by atoms with Crippen molar-refractivity contribution in [1.29, 1.82) is 0 Å². The number of carbonyl (C=O) groups excluding carboxylic acids is 1. The van der Waals surface area contributed by atoms with Crippen molar-refractivity contribution in [2.45, 2.75) is 38.4 Å². The summed E-state index contributed by atoms with van der Waals surface area (Å²) < 4.78 is 12.0. The molecule has 23 heavy (non-hydrogen) atoms. The first-order valence-electron chi connectivity index (χ1n) is 7.91. The molecule has 1 aliphatic carbocycles. The summed E-state index contributed by atoms with van der Waals surface area (Å²) in [4.78, 5) is 16.5. The number of hydrogen-bond donors (Lipinski definition) is 1. The van der Waals surface area contributed by atoms with Crippen LogP contribution in [-0.4, -0.2) is 16.7 Å². The Kier molecular flexibility index (Phi) is 3.22.